The number of hydrogen-bond donors (Lipinski definition) is 1. The maximum Gasteiger partial charge on any atom is 0.112 e. The lowest BCUT2D eigenvalue weighted by Crippen LogP contribution is -1.91. The quantitative estimate of drug-likeness (QED) is 0.814. The molecule has 2 rings (SSSR count). The van der Waals surface area contributed by atoms with Crippen molar-refractivity contribution in [1.29, 1.82) is 0 Å². The molecule has 2 aromatic carbocycles. The first-order valence-corrected chi connectivity index (χ1v) is 7.31. The van der Waals surface area contributed by atoms with E-state index in [2.05, 4.69) is 17.8 Å². The van der Waals surface area contributed by atoms with Gasteiger partial charge in [-0.05, 0) is 42.4 Å². The molecule has 114 valence electrons. The molecule has 0 saturated carbocycles. The van der Waals surface area contributed by atoms with Crippen LogP contribution in [0, 0.1) is 24.2 Å². The predicted octanol–water partition coefficient (Wildman–Crippen LogP) is 4.42. The average molecular weight is 300 g/mol. The third kappa shape index (κ3) is 9.53. The van der Waals surface area contributed by atoms with E-state index in [4.69, 9.17) is 11.5 Å². The van der Waals surface area contributed by atoms with E-state index in [1.165, 1.54) is 0 Å². The highest BCUT2D eigenvalue weighted by Crippen LogP contribution is 2.00. The third-order valence-electron chi connectivity index (χ3n) is 2.62. The van der Waals surface area contributed by atoms with Crippen LogP contribution in [0.15, 0.2) is 72.8 Å². The Balaban J connectivity index is 0.000000238. The van der Waals surface area contributed by atoms with Gasteiger partial charge in [-0.1, -0.05) is 78.4 Å². The molecule has 1 N–H and O–H groups in total. The monoisotopic (exact) mass is 300 g/mol. The summed E-state index contributed by atoms with van der Waals surface area (Å²) in [6.07, 6.45) is 11.7. The summed E-state index contributed by atoms with van der Waals surface area (Å²) in [5.74, 6) is 7.82. The second kappa shape index (κ2) is 11.6. The summed E-state index contributed by atoms with van der Waals surface area (Å²) >= 11 is 0. The molecule has 0 fully saturated rings. The van der Waals surface area contributed by atoms with Crippen LogP contribution in [0.3, 0.4) is 0 Å². The number of aliphatic hydroxyl groups is 1. The summed E-state index contributed by atoms with van der Waals surface area (Å²) in [5.41, 5.74) is 2.25. The lowest BCUT2D eigenvalue weighted by molar-refractivity contribution is 0.253. The van der Waals surface area contributed by atoms with Gasteiger partial charge in [0.05, 0.1) is 0 Å². The first-order chi connectivity index (χ1) is 11.2. The Kier molecular flexibility index (Phi) is 9.13. The molecular formula is C22H20O. The van der Waals surface area contributed by atoms with Crippen molar-refractivity contribution in [2.75, 3.05) is 0 Å². The summed E-state index contributed by atoms with van der Waals surface area (Å²) in [5, 5.41) is 8.84. The number of allylic oxidation sites excluding steroid dienone is 2. The van der Waals surface area contributed by atoms with E-state index in [1.54, 1.807) is 19.1 Å². The van der Waals surface area contributed by atoms with Gasteiger partial charge in [0.2, 0.25) is 0 Å². The van der Waals surface area contributed by atoms with Crippen molar-refractivity contribution in [2.24, 2.45) is 0 Å². The fraction of sp³-hybridized carbons (Fsp3) is 0.0909. The van der Waals surface area contributed by atoms with Crippen molar-refractivity contribution in [3.8, 4) is 24.2 Å². The average Bonchev–Trinajstić information content (AvgIpc) is 2.59. The molecule has 0 bridgehead atoms. The number of rotatable bonds is 2. The molecule has 0 aromatic heterocycles. The maximum absolute atomic E-state index is 8.84. The summed E-state index contributed by atoms with van der Waals surface area (Å²) in [6, 6.07) is 19.9. The summed E-state index contributed by atoms with van der Waals surface area (Å²) in [4.78, 5) is 0. The van der Waals surface area contributed by atoms with Crippen molar-refractivity contribution < 1.29 is 5.11 Å². The van der Waals surface area contributed by atoms with Gasteiger partial charge in [-0.3, -0.25) is 0 Å². The number of terminal acetylenes is 1. The summed E-state index contributed by atoms with van der Waals surface area (Å²) in [6.45, 7) is 1.64. The zero-order valence-electron chi connectivity index (χ0n) is 13.2. The van der Waals surface area contributed by atoms with Crippen LogP contribution < -0.4 is 0 Å². The molecular weight excluding hydrogens is 280 g/mol. The van der Waals surface area contributed by atoms with Gasteiger partial charge in [0.15, 0.2) is 0 Å². The summed E-state index contributed by atoms with van der Waals surface area (Å²) in [7, 11) is 0. The van der Waals surface area contributed by atoms with E-state index < -0.39 is 6.10 Å². The Morgan fingerprint density at radius 3 is 1.78 bits per heavy atom. The molecule has 2 aromatic rings. The SMILES string of the molecule is C#C/C=C/c1ccccc1.C[C@H](O)C#C/C=C/c1ccccc1. The zero-order valence-corrected chi connectivity index (χ0v) is 13.2. The molecule has 1 nitrogen and oxygen atoms in total. The van der Waals surface area contributed by atoms with Crippen LogP contribution in [0.4, 0.5) is 0 Å². The van der Waals surface area contributed by atoms with Gasteiger partial charge in [0, 0.05) is 0 Å². The fourth-order valence-corrected chi connectivity index (χ4v) is 1.58. The number of benzene rings is 2. The summed E-state index contributed by atoms with van der Waals surface area (Å²) < 4.78 is 0. The molecule has 0 unspecified atom stereocenters. The van der Waals surface area contributed by atoms with Crippen LogP contribution >= 0.6 is 0 Å². The Morgan fingerprint density at radius 2 is 1.35 bits per heavy atom. The first kappa shape index (κ1) is 18.1. The molecule has 0 spiro atoms. The molecule has 23 heavy (non-hydrogen) atoms. The smallest absolute Gasteiger partial charge is 0.112 e. The normalized spacial score (nSPS) is 11.0. The highest BCUT2D eigenvalue weighted by molar-refractivity contribution is 5.52. The second-order valence-electron chi connectivity index (χ2n) is 4.62. The van der Waals surface area contributed by atoms with E-state index in [0.29, 0.717) is 0 Å². The molecule has 0 amide bonds. The third-order valence-corrected chi connectivity index (χ3v) is 2.62. The van der Waals surface area contributed by atoms with Crippen LogP contribution in [-0.2, 0) is 0 Å². The van der Waals surface area contributed by atoms with Gasteiger partial charge < -0.3 is 5.11 Å². The molecule has 0 radical (unpaired) electrons. The van der Waals surface area contributed by atoms with Crippen molar-refractivity contribution in [1.82, 2.24) is 0 Å². The highest BCUT2D eigenvalue weighted by atomic mass is 16.3. The number of aliphatic hydroxyl groups excluding tert-OH is 1. The largest absolute Gasteiger partial charge is 0.381 e. The standard InChI is InChI=1S/C12H12O.C10H8/c1-11(13)7-5-6-10-12-8-3-2-4-9-12;1-2-3-7-10-8-5-4-6-9-10/h2-4,6,8-11,13H,1H3;1,3-9H/b10-6+;7-3+/t11-;/m0./s1. The molecule has 0 saturated heterocycles. The van der Waals surface area contributed by atoms with Crippen molar-refractivity contribution >= 4 is 12.2 Å². The van der Waals surface area contributed by atoms with Crippen LogP contribution in [0.2, 0.25) is 0 Å². The Morgan fingerprint density at radius 1 is 0.870 bits per heavy atom. The lowest BCUT2D eigenvalue weighted by atomic mass is 10.2. The van der Waals surface area contributed by atoms with Crippen LogP contribution in [0.1, 0.15) is 18.1 Å². The van der Waals surface area contributed by atoms with E-state index in [0.717, 1.165) is 11.1 Å². The minimum atomic E-state index is -0.555. The van der Waals surface area contributed by atoms with Crippen molar-refractivity contribution in [2.45, 2.75) is 13.0 Å². The Bertz CT molecular complexity index is 705. The van der Waals surface area contributed by atoms with Crippen LogP contribution in [0.25, 0.3) is 12.2 Å². The molecule has 0 aliphatic heterocycles. The minimum absolute atomic E-state index is 0.555. The minimum Gasteiger partial charge on any atom is -0.381 e. The zero-order chi connectivity index (χ0) is 16.8. The first-order valence-electron chi connectivity index (χ1n) is 7.31. The molecule has 1 atom stereocenters. The fourth-order valence-electron chi connectivity index (χ4n) is 1.58. The molecule has 1 heteroatoms. The Hall–Kier alpha value is -3.00. The molecule has 0 heterocycles. The highest BCUT2D eigenvalue weighted by Gasteiger charge is 1.81. The number of hydrogen-bond acceptors (Lipinski definition) is 1. The lowest BCUT2D eigenvalue weighted by Gasteiger charge is -1.88. The van der Waals surface area contributed by atoms with Gasteiger partial charge >= 0.3 is 0 Å². The van der Waals surface area contributed by atoms with Crippen LogP contribution in [0.5, 0.6) is 0 Å². The van der Waals surface area contributed by atoms with E-state index in [-0.39, 0.29) is 0 Å². The van der Waals surface area contributed by atoms with Crippen LogP contribution in [-0.4, -0.2) is 11.2 Å². The second-order valence-corrected chi connectivity index (χ2v) is 4.62. The van der Waals surface area contributed by atoms with Gasteiger partial charge in [0.25, 0.3) is 0 Å². The predicted molar refractivity (Wildman–Crippen MR) is 99.2 cm³/mol. The molecule has 0 aliphatic carbocycles. The van der Waals surface area contributed by atoms with E-state index >= 15 is 0 Å². The van der Waals surface area contributed by atoms with Gasteiger partial charge in [-0.25, -0.2) is 0 Å². The van der Waals surface area contributed by atoms with E-state index in [9.17, 15) is 0 Å². The maximum atomic E-state index is 8.84. The van der Waals surface area contributed by atoms with Gasteiger partial charge in [-0.15, -0.1) is 6.42 Å². The van der Waals surface area contributed by atoms with E-state index in [1.807, 2.05) is 72.8 Å². The Labute approximate surface area is 139 Å². The molecule has 0 aliphatic rings. The van der Waals surface area contributed by atoms with Crippen molar-refractivity contribution in [3.05, 3.63) is 83.9 Å². The van der Waals surface area contributed by atoms with Crippen molar-refractivity contribution in [3.63, 3.8) is 0 Å². The van der Waals surface area contributed by atoms with Gasteiger partial charge in [0.1, 0.15) is 6.10 Å². The topological polar surface area (TPSA) is 20.2 Å². The van der Waals surface area contributed by atoms with Gasteiger partial charge in [-0.2, -0.15) is 0 Å².